The molecule has 0 aromatic heterocycles. The summed E-state index contributed by atoms with van der Waals surface area (Å²) in [6.45, 7) is 3.48. The number of hydrogen-bond donors (Lipinski definition) is 4. The number of carbonyl (C=O) groups excluding carboxylic acids is 1. The van der Waals surface area contributed by atoms with Gasteiger partial charge in [-0.2, -0.15) is 0 Å². The minimum Gasteiger partial charge on any atom is -0.481 e. The van der Waals surface area contributed by atoms with Crippen LogP contribution in [0.3, 0.4) is 0 Å². The number of nitrogens with two attached hydrogens (primary N) is 1. The third-order valence-corrected chi connectivity index (χ3v) is 5.83. The first-order chi connectivity index (χ1) is 11.1. The van der Waals surface area contributed by atoms with E-state index in [0.29, 0.717) is 5.69 Å². The Hall–Kier alpha value is -2.41. The molecular formula is C17H20N2O5. The minimum absolute atomic E-state index is 0.0645. The molecule has 5 N–H and O–H groups in total. The first kappa shape index (κ1) is 16.4. The van der Waals surface area contributed by atoms with Gasteiger partial charge in [0.2, 0.25) is 5.91 Å². The Morgan fingerprint density at radius 2 is 1.79 bits per heavy atom. The summed E-state index contributed by atoms with van der Waals surface area (Å²) < 4.78 is 0. The third-order valence-electron chi connectivity index (χ3n) is 5.83. The molecule has 7 heteroatoms. The van der Waals surface area contributed by atoms with E-state index in [1.807, 2.05) is 19.1 Å². The summed E-state index contributed by atoms with van der Waals surface area (Å²) in [4.78, 5) is 35.7. The van der Waals surface area contributed by atoms with Gasteiger partial charge in [-0.3, -0.25) is 14.4 Å². The summed E-state index contributed by atoms with van der Waals surface area (Å²) in [6.07, 6.45) is -0.0645. The van der Waals surface area contributed by atoms with Crippen LogP contribution in [0.25, 0.3) is 0 Å². The predicted octanol–water partition coefficient (Wildman–Crippen LogP) is 1.07. The number of aryl methyl sites for hydroxylation is 1. The van der Waals surface area contributed by atoms with Gasteiger partial charge in [0, 0.05) is 17.0 Å². The average Bonchev–Trinajstić information content (AvgIpc) is 3.06. The fourth-order valence-corrected chi connectivity index (χ4v) is 4.32. The summed E-state index contributed by atoms with van der Waals surface area (Å²) in [7, 11) is 0. The molecule has 24 heavy (non-hydrogen) atoms. The summed E-state index contributed by atoms with van der Waals surface area (Å²) in [6, 6.07) is 7.18. The number of fused-ring (bicyclic) bond motifs is 1. The predicted molar refractivity (Wildman–Crippen MR) is 85.2 cm³/mol. The van der Waals surface area contributed by atoms with Crippen LogP contribution >= 0.6 is 0 Å². The first-order valence-corrected chi connectivity index (χ1v) is 7.75. The summed E-state index contributed by atoms with van der Waals surface area (Å²) in [5, 5.41) is 21.6. The third kappa shape index (κ3) is 2.04. The van der Waals surface area contributed by atoms with Gasteiger partial charge in [-0.15, -0.1) is 0 Å². The van der Waals surface area contributed by atoms with E-state index in [2.05, 4.69) is 5.32 Å². The second-order valence-corrected chi connectivity index (χ2v) is 7.07. The van der Waals surface area contributed by atoms with Gasteiger partial charge in [0.15, 0.2) is 0 Å². The van der Waals surface area contributed by atoms with Crippen LogP contribution in [0.15, 0.2) is 24.3 Å². The number of carbonyl (C=O) groups is 3. The number of amides is 1. The highest BCUT2D eigenvalue weighted by Gasteiger charge is 2.83. The van der Waals surface area contributed by atoms with E-state index in [1.165, 1.54) is 0 Å². The van der Waals surface area contributed by atoms with Gasteiger partial charge in [0.25, 0.3) is 0 Å². The van der Waals surface area contributed by atoms with E-state index < -0.39 is 40.6 Å². The van der Waals surface area contributed by atoms with Crippen LogP contribution in [-0.4, -0.2) is 33.6 Å². The van der Waals surface area contributed by atoms with Gasteiger partial charge >= 0.3 is 11.9 Å². The Kier molecular flexibility index (Phi) is 3.46. The first-order valence-electron chi connectivity index (χ1n) is 7.75. The molecule has 2 fully saturated rings. The normalized spacial score (nSPS) is 36.7. The minimum atomic E-state index is -1.71. The van der Waals surface area contributed by atoms with Gasteiger partial charge in [-0.05, 0) is 31.4 Å². The van der Waals surface area contributed by atoms with E-state index in [4.69, 9.17) is 5.73 Å². The average molecular weight is 332 g/mol. The molecule has 2 saturated carbocycles. The second-order valence-electron chi connectivity index (χ2n) is 7.07. The van der Waals surface area contributed by atoms with Crippen molar-refractivity contribution in [3.05, 3.63) is 29.8 Å². The van der Waals surface area contributed by atoms with Crippen molar-refractivity contribution in [3.63, 3.8) is 0 Å². The molecular weight excluding hydrogens is 312 g/mol. The highest BCUT2D eigenvalue weighted by atomic mass is 16.4. The van der Waals surface area contributed by atoms with Gasteiger partial charge in [-0.25, -0.2) is 0 Å². The summed E-state index contributed by atoms with van der Waals surface area (Å²) in [5.74, 6) is -4.97. The van der Waals surface area contributed by atoms with Crippen molar-refractivity contribution in [2.75, 3.05) is 5.32 Å². The fourth-order valence-electron chi connectivity index (χ4n) is 4.32. The number of hydrogen-bond acceptors (Lipinski definition) is 4. The number of aliphatic carboxylic acids is 2. The molecule has 5 atom stereocenters. The smallest absolute Gasteiger partial charge is 0.324 e. The molecule has 7 nitrogen and oxygen atoms in total. The van der Waals surface area contributed by atoms with Gasteiger partial charge in [-0.1, -0.05) is 24.6 Å². The zero-order valence-electron chi connectivity index (χ0n) is 13.4. The monoisotopic (exact) mass is 332 g/mol. The molecule has 0 bridgehead atoms. The molecule has 0 aliphatic heterocycles. The number of anilines is 1. The molecule has 1 aromatic carbocycles. The molecule has 0 unspecified atom stereocenters. The number of benzene rings is 1. The molecule has 1 aromatic rings. The molecule has 0 heterocycles. The SMILES string of the molecule is Cc1ccc(NC(=O)[C@H]2C[C@](N)(C(=O)O)[C@@]3(C)[C@@H]2[C@H]3C(=O)O)cc1. The van der Waals surface area contributed by atoms with Crippen molar-refractivity contribution in [2.45, 2.75) is 25.8 Å². The van der Waals surface area contributed by atoms with Crippen molar-refractivity contribution < 1.29 is 24.6 Å². The van der Waals surface area contributed by atoms with Crippen molar-refractivity contribution >= 4 is 23.5 Å². The zero-order valence-corrected chi connectivity index (χ0v) is 13.4. The lowest BCUT2D eigenvalue weighted by molar-refractivity contribution is -0.148. The lowest BCUT2D eigenvalue weighted by Gasteiger charge is -2.29. The Morgan fingerprint density at radius 3 is 2.29 bits per heavy atom. The largest absolute Gasteiger partial charge is 0.481 e. The van der Waals surface area contributed by atoms with E-state index in [0.717, 1.165) is 5.56 Å². The van der Waals surface area contributed by atoms with Crippen molar-refractivity contribution in [3.8, 4) is 0 Å². The van der Waals surface area contributed by atoms with E-state index in [1.54, 1.807) is 19.1 Å². The maximum absolute atomic E-state index is 12.6. The number of carboxylic acids is 2. The van der Waals surface area contributed by atoms with Crippen LogP contribution < -0.4 is 11.1 Å². The lowest BCUT2D eigenvalue weighted by atomic mass is 9.80. The highest BCUT2D eigenvalue weighted by molar-refractivity contribution is 5.97. The Balaban J connectivity index is 1.86. The number of carboxylic acid groups (broad SMARTS) is 2. The van der Waals surface area contributed by atoms with Crippen LogP contribution in [0.2, 0.25) is 0 Å². The van der Waals surface area contributed by atoms with Gasteiger partial charge < -0.3 is 21.3 Å². The van der Waals surface area contributed by atoms with E-state index in [-0.39, 0.29) is 12.3 Å². The van der Waals surface area contributed by atoms with E-state index in [9.17, 15) is 24.6 Å². The van der Waals surface area contributed by atoms with Crippen molar-refractivity contribution in [2.24, 2.45) is 28.9 Å². The molecule has 1 amide bonds. The van der Waals surface area contributed by atoms with Gasteiger partial charge in [0.1, 0.15) is 5.54 Å². The maximum Gasteiger partial charge on any atom is 0.324 e. The van der Waals surface area contributed by atoms with Crippen LogP contribution in [0.1, 0.15) is 18.9 Å². The van der Waals surface area contributed by atoms with Crippen molar-refractivity contribution in [1.29, 1.82) is 0 Å². The summed E-state index contributed by atoms with van der Waals surface area (Å²) in [5.41, 5.74) is 4.86. The van der Waals surface area contributed by atoms with Crippen molar-refractivity contribution in [1.82, 2.24) is 0 Å². The van der Waals surface area contributed by atoms with E-state index >= 15 is 0 Å². The molecule has 3 rings (SSSR count). The second kappa shape index (κ2) is 5.04. The molecule has 2 aliphatic rings. The van der Waals surface area contributed by atoms with Crippen LogP contribution in [-0.2, 0) is 14.4 Å². The van der Waals surface area contributed by atoms with Crippen LogP contribution in [0.5, 0.6) is 0 Å². The maximum atomic E-state index is 12.6. The number of rotatable bonds is 4. The Bertz CT molecular complexity index is 731. The quantitative estimate of drug-likeness (QED) is 0.652. The molecule has 0 saturated heterocycles. The standard InChI is InChI=1S/C17H20N2O5/c1-8-3-5-9(6-4-8)19-13(20)10-7-17(18,15(23)24)16(2)11(10)12(16)14(21)22/h3-6,10-12H,7,18H2,1-2H3,(H,19,20)(H,21,22)(H,23,24)/t10-,11-,12-,16-,17-/m0/s1. The fraction of sp³-hybridized carbons (Fsp3) is 0.471. The summed E-state index contributed by atoms with van der Waals surface area (Å²) >= 11 is 0. The molecule has 128 valence electrons. The molecule has 0 radical (unpaired) electrons. The van der Waals surface area contributed by atoms with Gasteiger partial charge in [0.05, 0.1) is 5.92 Å². The Morgan fingerprint density at radius 1 is 1.21 bits per heavy atom. The molecule has 0 spiro atoms. The van der Waals surface area contributed by atoms with Crippen LogP contribution in [0.4, 0.5) is 5.69 Å². The highest BCUT2D eigenvalue weighted by Crippen LogP contribution is 2.73. The lowest BCUT2D eigenvalue weighted by Crippen LogP contribution is -2.55. The molecule has 2 aliphatic carbocycles. The topological polar surface area (TPSA) is 130 Å². The Labute approximate surface area is 138 Å². The number of nitrogens with one attached hydrogen (secondary N) is 1. The van der Waals surface area contributed by atoms with Crippen LogP contribution in [0, 0.1) is 30.1 Å². The zero-order chi connectivity index (χ0) is 17.9.